The average molecular weight is 448 g/mol. The Hall–Kier alpha value is -2.98. The zero-order valence-electron chi connectivity index (χ0n) is 17.0. The lowest BCUT2D eigenvalue weighted by atomic mass is 10.1. The van der Waals surface area contributed by atoms with E-state index in [1.54, 1.807) is 0 Å². The molecule has 0 spiro atoms. The van der Waals surface area contributed by atoms with Crippen molar-refractivity contribution in [2.75, 3.05) is 19.7 Å². The van der Waals surface area contributed by atoms with Crippen LogP contribution in [-0.2, 0) is 14.8 Å². The highest BCUT2D eigenvalue weighted by atomic mass is 32.2. The summed E-state index contributed by atoms with van der Waals surface area (Å²) in [5.74, 6) is 0.692. The Morgan fingerprint density at radius 1 is 1.10 bits per heavy atom. The standard InChI is InChI=1S/C21H25N3O6S/c25-21(7-4-16-30-19-5-2-1-3-6-19)22-17-12-14-23(15-13-17)31(28,29)20-10-8-18(9-11-20)24(26)27/h1-3,5-6,8-11,17H,4,7,12-16H2,(H,22,25). The Balaban J connectivity index is 1.41. The molecule has 0 aliphatic carbocycles. The van der Waals surface area contributed by atoms with Crippen molar-refractivity contribution in [3.05, 3.63) is 64.7 Å². The average Bonchev–Trinajstić information content (AvgIpc) is 2.78. The van der Waals surface area contributed by atoms with Crippen molar-refractivity contribution in [3.63, 3.8) is 0 Å². The predicted molar refractivity (Wildman–Crippen MR) is 114 cm³/mol. The molecule has 0 radical (unpaired) electrons. The molecule has 3 rings (SSSR count). The molecule has 1 heterocycles. The van der Waals surface area contributed by atoms with E-state index < -0.39 is 14.9 Å². The van der Waals surface area contributed by atoms with Crippen LogP contribution in [0.3, 0.4) is 0 Å². The number of carbonyl (C=O) groups excluding carboxylic acids is 1. The van der Waals surface area contributed by atoms with Crippen LogP contribution in [0, 0.1) is 10.1 Å². The van der Waals surface area contributed by atoms with Gasteiger partial charge in [-0.25, -0.2) is 8.42 Å². The van der Waals surface area contributed by atoms with Gasteiger partial charge in [-0.3, -0.25) is 14.9 Å². The first kappa shape index (κ1) is 22.7. The van der Waals surface area contributed by atoms with Crippen LogP contribution in [-0.4, -0.2) is 49.3 Å². The van der Waals surface area contributed by atoms with Crippen LogP contribution in [0.2, 0.25) is 0 Å². The SMILES string of the molecule is O=C(CCCOc1ccccc1)NC1CCN(S(=O)(=O)c2ccc([N+](=O)[O-])cc2)CC1. The number of carbonyl (C=O) groups is 1. The van der Waals surface area contributed by atoms with Gasteiger partial charge in [0.15, 0.2) is 0 Å². The number of nitro benzene ring substituents is 1. The van der Waals surface area contributed by atoms with E-state index in [1.165, 1.54) is 28.6 Å². The molecule has 1 fully saturated rings. The highest BCUT2D eigenvalue weighted by Crippen LogP contribution is 2.23. The molecule has 0 saturated carbocycles. The molecule has 1 amide bonds. The van der Waals surface area contributed by atoms with E-state index in [4.69, 9.17) is 4.74 Å². The van der Waals surface area contributed by atoms with Crippen molar-refractivity contribution in [1.82, 2.24) is 9.62 Å². The fraction of sp³-hybridized carbons (Fsp3) is 0.381. The first-order chi connectivity index (χ1) is 14.9. The van der Waals surface area contributed by atoms with Crippen molar-refractivity contribution < 1.29 is 22.9 Å². The third-order valence-electron chi connectivity index (χ3n) is 5.06. The number of hydrogen-bond donors (Lipinski definition) is 1. The monoisotopic (exact) mass is 447 g/mol. The molecule has 1 aliphatic rings. The highest BCUT2D eigenvalue weighted by Gasteiger charge is 2.30. The van der Waals surface area contributed by atoms with Gasteiger partial charge >= 0.3 is 0 Å². The normalized spacial score (nSPS) is 15.4. The molecule has 0 aromatic heterocycles. The lowest BCUT2D eigenvalue weighted by molar-refractivity contribution is -0.384. The quantitative estimate of drug-likeness (QED) is 0.359. The Morgan fingerprint density at radius 2 is 1.74 bits per heavy atom. The summed E-state index contributed by atoms with van der Waals surface area (Å²) >= 11 is 0. The Labute approximate surface area is 181 Å². The maximum atomic E-state index is 12.7. The molecule has 0 bridgehead atoms. The molecular formula is C21H25N3O6S. The van der Waals surface area contributed by atoms with Gasteiger partial charge in [-0.2, -0.15) is 4.31 Å². The van der Waals surface area contributed by atoms with Gasteiger partial charge in [0, 0.05) is 37.7 Å². The lowest BCUT2D eigenvalue weighted by Crippen LogP contribution is -2.46. The first-order valence-electron chi connectivity index (χ1n) is 10.1. The second-order valence-electron chi connectivity index (χ2n) is 7.26. The molecular weight excluding hydrogens is 422 g/mol. The number of amides is 1. The minimum absolute atomic E-state index is 0.0269. The van der Waals surface area contributed by atoms with E-state index in [9.17, 15) is 23.3 Å². The van der Waals surface area contributed by atoms with E-state index >= 15 is 0 Å². The number of piperidine rings is 1. The maximum absolute atomic E-state index is 12.7. The van der Waals surface area contributed by atoms with Crippen molar-refractivity contribution in [1.29, 1.82) is 0 Å². The molecule has 1 saturated heterocycles. The Kier molecular flexibility index (Phi) is 7.59. The molecule has 31 heavy (non-hydrogen) atoms. The second kappa shape index (κ2) is 10.4. The number of benzene rings is 2. The number of nitrogens with zero attached hydrogens (tertiary/aromatic N) is 2. The molecule has 9 nitrogen and oxygen atoms in total. The van der Waals surface area contributed by atoms with E-state index in [0.717, 1.165) is 5.75 Å². The molecule has 166 valence electrons. The zero-order chi connectivity index (χ0) is 22.3. The van der Waals surface area contributed by atoms with Gasteiger partial charge in [-0.1, -0.05) is 18.2 Å². The van der Waals surface area contributed by atoms with Gasteiger partial charge in [0.05, 0.1) is 16.4 Å². The predicted octanol–water partition coefficient (Wildman–Crippen LogP) is 2.72. The largest absolute Gasteiger partial charge is 0.494 e. The fourth-order valence-electron chi connectivity index (χ4n) is 3.37. The molecule has 2 aromatic carbocycles. The minimum atomic E-state index is -3.72. The third kappa shape index (κ3) is 6.25. The Morgan fingerprint density at radius 3 is 2.35 bits per heavy atom. The summed E-state index contributed by atoms with van der Waals surface area (Å²) < 4.78 is 32.4. The summed E-state index contributed by atoms with van der Waals surface area (Å²) in [6.45, 7) is 1.01. The van der Waals surface area contributed by atoms with E-state index in [2.05, 4.69) is 5.32 Å². The summed E-state index contributed by atoms with van der Waals surface area (Å²) in [4.78, 5) is 22.4. The van der Waals surface area contributed by atoms with Gasteiger partial charge in [-0.15, -0.1) is 0 Å². The number of hydrogen-bond acceptors (Lipinski definition) is 6. The molecule has 10 heteroatoms. The number of nitrogens with one attached hydrogen (secondary N) is 1. The zero-order valence-corrected chi connectivity index (χ0v) is 17.8. The fourth-order valence-corrected chi connectivity index (χ4v) is 4.84. The summed E-state index contributed by atoms with van der Waals surface area (Å²) in [5.41, 5.74) is -0.158. The number of ether oxygens (including phenoxy) is 1. The van der Waals surface area contributed by atoms with Gasteiger partial charge in [0.2, 0.25) is 15.9 Å². The van der Waals surface area contributed by atoms with Crippen molar-refractivity contribution >= 4 is 21.6 Å². The van der Waals surface area contributed by atoms with E-state index in [-0.39, 0.29) is 35.6 Å². The highest BCUT2D eigenvalue weighted by molar-refractivity contribution is 7.89. The minimum Gasteiger partial charge on any atom is -0.494 e. The van der Waals surface area contributed by atoms with Crippen molar-refractivity contribution in [2.24, 2.45) is 0 Å². The van der Waals surface area contributed by atoms with Crippen LogP contribution < -0.4 is 10.1 Å². The van der Waals surface area contributed by atoms with Crippen LogP contribution in [0.25, 0.3) is 0 Å². The number of sulfonamides is 1. The molecule has 0 unspecified atom stereocenters. The first-order valence-corrected chi connectivity index (χ1v) is 11.5. The Bertz CT molecular complexity index is 988. The van der Waals surface area contributed by atoms with Crippen LogP contribution in [0.5, 0.6) is 5.75 Å². The van der Waals surface area contributed by atoms with Crippen molar-refractivity contribution in [2.45, 2.75) is 36.6 Å². The van der Waals surface area contributed by atoms with Crippen LogP contribution in [0.15, 0.2) is 59.5 Å². The topological polar surface area (TPSA) is 119 Å². The number of nitro groups is 1. The number of rotatable bonds is 9. The van der Waals surface area contributed by atoms with Gasteiger partial charge in [-0.05, 0) is 43.5 Å². The van der Waals surface area contributed by atoms with Crippen molar-refractivity contribution in [3.8, 4) is 5.75 Å². The van der Waals surface area contributed by atoms with E-state index in [1.807, 2.05) is 30.3 Å². The molecule has 1 N–H and O–H groups in total. The van der Waals surface area contributed by atoms with Crippen LogP contribution in [0.1, 0.15) is 25.7 Å². The smallest absolute Gasteiger partial charge is 0.269 e. The summed E-state index contributed by atoms with van der Waals surface area (Å²) in [6.07, 6.45) is 1.96. The van der Waals surface area contributed by atoms with Crippen LogP contribution in [0.4, 0.5) is 5.69 Å². The third-order valence-corrected chi connectivity index (χ3v) is 6.98. The second-order valence-corrected chi connectivity index (χ2v) is 9.20. The number of non-ortho nitro benzene ring substituents is 1. The molecule has 0 atom stereocenters. The summed E-state index contributed by atoms with van der Waals surface area (Å²) in [7, 11) is -3.72. The van der Waals surface area contributed by atoms with Gasteiger partial charge in [0.1, 0.15) is 5.75 Å². The summed E-state index contributed by atoms with van der Waals surface area (Å²) in [6, 6.07) is 14.2. The maximum Gasteiger partial charge on any atom is 0.269 e. The van der Waals surface area contributed by atoms with Gasteiger partial charge in [0.25, 0.3) is 5.69 Å². The number of para-hydroxylation sites is 1. The van der Waals surface area contributed by atoms with Gasteiger partial charge < -0.3 is 10.1 Å². The summed E-state index contributed by atoms with van der Waals surface area (Å²) in [5, 5.41) is 13.7. The molecule has 2 aromatic rings. The van der Waals surface area contributed by atoms with E-state index in [0.29, 0.717) is 32.3 Å². The van der Waals surface area contributed by atoms with Crippen LogP contribution >= 0.6 is 0 Å². The molecule has 1 aliphatic heterocycles. The lowest BCUT2D eigenvalue weighted by Gasteiger charge is -2.31.